The fourth-order valence-electron chi connectivity index (χ4n) is 2.42. The van der Waals surface area contributed by atoms with Crippen LogP contribution in [0.15, 0.2) is 0 Å². The van der Waals surface area contributed by atoms with Gasteiger partial charge in [0.2, 0.25) is 10.0 Å². The van der Waals surface area contributed by atoms with Crippen molar-refractivity contribution >= 4 is 10.0 Å². The molecule has 5 nitrogen and oxygen atoms in total. The first kappa shape index (κ1) is 13.5. The maximum absolute atomic E-state index is 12.0. The van der Waals surface area contributed by atoms with E-state index >= 15 is 0 Å². The van der Waals surface area contributed by atoms with Gasteiger partial charge in [-0.25, -0.2) is 8.42 Å². The van der Waals surface area contributed by atoms with Gasteiger partial charge in [0, 0.05) is 6.54 Å². The van der Waals surface area contributed by atoms with Gasteiger partial charge >= 0.3 is 0 Å². The summed E-state index contributed by atoms with van der Waals surface area (Å²) in [5.74, 6) is 0.608. The highest BCUT2D eigenvalue weighted by atomic mass is 32.2. The predicted octanol–water partition coefficient (Wildman–Crippen LogP) is 1.63. The number of sulfonamides is 1. The van der Waals surface area contributed by atoms with Crippen molar-refractivity contribution in [1.82, 2.24) is 14.5 Å². The van der Waals surface area contributed by atoms with Gasteiger partial charge in [-0.2, -0.15) is 9.40 Å². The Kier molecular flexibility index (Phi) is 3.77. The zero-order valence-electron chi connectivity index (χ0n) is 11.2. The molecule has 0 amide bonds. The molecule has 0 fully saturated rings. The predicted molar refractivity (Wildman–Crippen MR) is 70.9 cm³/mol. The summed E-state index contributed by atoms with van der Waals surface area (Å²) in [6.45, 7) is 7.12. The summed E-state index contributed by atoms with van der Waals surface area (Å²) in [7, 11) is -3.10. The average Bonchev–Trinajstić information content (AvgIpc) is 2.71. The van der Waals surface area contributed by atoms with E-state index in [1.54, 1.807) is 4.31 Å². The molecule has 1 aromatic heterocycles. The highest BCUT2D eigenvalue weighted by molar-refractivity contribution is 7.89. The molecule has 0 aromatic carbocycles. The van der Waals surface area contributed by atoms with Gasteiger partial charge in [0.25, 0.3) is 0 Å². The van der Waals surface area contributed by atoms with Crippen molar-refractivity contribution in [3.63, 3.8) is 0 Å². The Morgan fingerprint density at radius 3 is 2.78 bits per heavy atom. The van der Waals surface area contributed by atoms with Gasteiger partial charge < -0.3 is 0 Å². The zero-order valence-corrected chi connectivity index (χ0v) is 12.0. The molecule has 0 unspecified atom stereocenters. The van der Waals surface area contributed by atoms with Gasteiger partial charge in [-0.3, -0.25) is 5.10 Å². The molecular weight excluding hydrogens is 250 g/mol. The lowest BCUT2D eigenvalue weighted by Gasteiger charge is -2.26. The van der Waals surface area contributed by atoms with Crippen LogP contribution in [-0.4, -0.2) is 35.2 Å². The minimum atomic E-state index is -3.10. The SMILES string of the molecule is CCCS(=O)(=O)N1CCc2c(C(C)C)n[nH]c2C1. The Labute approximate surface area is 109 Å². The first-order chi connectivity index (χ1) is 8.45. The molecule has 1 aliphatic rings. The third-order valence-corrected chi connectivity index (χ3v) is 5.36. The van der Waals surface area contributed by atoms with Crippen LogP contribution < -0.4 is 0 Å². The third kappa shape index (κ3) is 2.44. The fourth-order valence-corrected chi connectivity index (χ4v) is 3.89. The number of rotatable bonds is 4. The summed E-state index contributed by atoms with van der Waals surface area (Å²) < 4.78 is 25.6. The molecule has 0 saturated carbocycles. The van der Waals surface area contributed by atoms with Crippen molar-refractivity contribution in [3.8, 4) is 0 Å². The number of aromatic amines is 1. The van der Waals surface area contributed by atoms with Gasteiger partial charge in [0.05, 0.1) is 23.7 Å². The Balaban J connectivity index is 2.21. The lowest BCUT2D eigenvalue weighted by atomic mass is 9.99. The average molecular weight is 271 g/mol. The summed E-state index contributed by atoms with van der Waals surface area (Å²) in [6, 6.07) is 0. The van der Waals surface area contributed by atoms with Crippen LogP contribution in [0.25, 0.3) is 0 Å². The van der Waals surface area contributed by atoms with Crippen LogP contribution in [0.5, 0.6) is 0 Å². The van der Waals surface area contributed by atoms with Crippen LogP contribution in [0.4, 0.5) is 0 Å². The van der Waals surface area contributed by atoms with E-state index in [-0.39, 0.29) is 5.75 Å². The molecular formula is C12H21N3O2S. The Bertz CT molecular complexity index is 519. The summed E-state index contributed by atoms with van der Waals surface area (Å²) in [5.41, 5.74) is 3.26. The largest absolute Gasteiger partial charge is 0.281 e. The van der Waals surface area contributed by atoms with Crippen LogP contribution in [0.3, 0.4) is 0 Å². The van der Waals surface area contributed by atoms with Crippen LogP contribution in [-0.2, 0) is 23.0 Å². The minimum Gasteiger partial charge on any atom is -0.281 e. The monoisotopic (exact) mass is 271 g/mol. The molecule has 2 heterocycles. The van der Waals surface area contributed by atoms with Crippen molar-refractivity contribution in [2.24, 2.45) is 0 Å². The van der Waals surface area contributed by atoms with Gasteiger partial charge in [-0.1, -0.05) is 20.8 Å². The molecule has 0 atom stereocenters. The topological polar surface area (TPSA) is 66.1 Å². The van der Waals surface area contributed by atoms with E-state index in [4.69, 9.17) is 0 Å². The minimum absolute atomic E-state index is 0.230. The van der Waals surface area contributed by atoms with Crippen molar-refractivity contribution in [3.05, 3.63) is 17.0 Å². The lowest BCUT2D eigenvalue weighted by molar-refractivity contribution is 0.386. The third-order valence-electron chi connectivity index (χ3n) is 3.33. The van der Waals surface area contributed by atoms with E-state index in [0.717, 1.165) is 17.8 Å². The van der Waals surface area contributed by atoms with E-state index in [0.29, 0.717) is 25.4 Å². The molecule has 0 bridgehead atoms. The first-order valence-corrected chi connectivity index (χ1v) is 8.10. The maximum Gasteiger partial charge on any atom is 0.214 e. The molecule has 102 valence electrons. The number of aromatic nitrogens is 2. The molecule has 0 aliphatic carbocycles. The smallest absolute Gasteiger partial charge is 0.214 e. The van der Waals surface area contributed by atoms with Gasteiger partial charge in [-0.05, 0) is 24.3 Å². The standard InChI is InChI=1S/C12H21N3O2S/c1-4-7-18(16,17)15-6-5-10-11(8-15)13-14-12(10)9(2)3/h9H,4-8H2,1-3H3,(H,13,14). The van der Waals surface area contributed by atoms with Crippen LogP contribution in [0, 0.1) is 0 Å². The maximum atomic E-state index is 12.0. The van der Waals surface area contributed by atoms with Crippen LogP contribution in [0.1, 0.15) is 50.1 Å². The quantitative estimate of drug-likeness (QED) is 0.905. The second-order valence-electron chi connectivity index (χ2n) is 5.12. The van der Waals surface area contributed by atoms with Gasteiger partial charge in [0.1, 0.15) is 0 Å². The fraction of sp³-hybridized carbons (Fsp3) is 0.750. The molecule has 2 rings (SSSR count). The molecule has 6 heteroatoms. The van der Waals surface area contributed by atoms with E-state index in [9.17, 15) is 8.42 Å². The molecule has 1 aromatic rings. The van der Waals surface area contributed by atoms with Crippen LogP contribution >= 0.6 is 0 Å². The number of hydrogen-bond donors (Lipinski definition) is 1. The zero-order chi connectivity index (χ0) is 13.3. The number of fused-ring (bicyclic) bond motifs is 1. The van der Waals surface area contributed by atoms with E-state index in [1.807, 2.05) is 6.92 Å². The number of nitrogens with one attached hydrogen (secondary N) is 1. The highest BCUT2D eigenvalue weighted by Crippen LogP contribution is 2.26. The van der Waals surface area contributed by atoms with Crippen molar-refractivity contribution in [2.45, 2.75) is 46.1 Å². The van der Waals surface area contributed by atoms with Gasteiger partial charge in [0.15, 0.2) is 0 Å². The lowest BCUT2D eigenvalue weighted by Crippen LogP contribution is -2.37. The Morgan fingerprint density at radius 2 is 2.17 bits per heavy atom. The number of nitrogens with zero attached hydrogens (tertiary/aromatic N) is 2. The molecule has 0 saturated heterocycles. The van der Waals surface area contributed by atoms with E-state index in [1.165, 1.54) is 5.56 Å². The summed E-state index contributed by atoms with van der Waals surface area (Å²) >= 11 is 0. The molecule has 18 heavy (non-hydrogen) atoms. The Hall–Kier alpha value is -0.880. The molecule has 0 spiro atoms. The summed E-state index contributed by atoms with van der Waals surface area (Å²) in [4.78, 5) is 0. The molecule has 1 aliphatic heterocycles. The molecule has 0 radical (unpaired) electrons. The van der Waals surface area contributed by atoms with Crippen LogP contribution in [0.2, 0.25) is 0 Å². The number of H-pyrrole nitrogens is 1. The van der Waals surface area contributed by atoms with E-state index < -0.39 is 10.0 Å². The summed E-state index contributed by atoms with van der Waals surface area (Å²) in [6.07, 6.45) is 1.42. The van der Waals surface area contributed by atoms with Crippen molar-refractivity contribution in [1.29, 1.82) is 0 Å². The first-order valence-electron chi connectivity index (χ1n) is 6.49. The molecule has 1 N–H and O–H groups in total. The highest BCUT2D eigenvalue weighted by Gasteiger charge is 2.29. The van der Waals surface area contributed by atoms with Crippen molar-refractivity contribution < 1.29 is 8.42 Å². The van der Waals surface area contributed by atoms with E-state index in [2.05, 4.69) is 24.0 Å². The van der Waals surface area contributed by atoms with Crippen molar-refractivity contribution in [2.75, 3.05) is 12.3 Å². The summed E-state index contributed by atoms with van der Waals surface area (Å²) in [5, 5.41) is 7.31. The number of hydrogen-bond acceptors (Lipinski definition) is 3. The second-order valence-corrected chi connectivity index (χ2v) is 7.21. The second kappa shape index (κ2) is 5.01. The van der Waals surface area contributed by atoms with Gasteiger partial charge in [-0.15, -0.1) is 0 Å². The normalized spacial score (nSPS) is 17.1. The Morgan fingerprint density at radius 1 is 1.44 bits per heavy atom.